The Labute approximate surface area is 277 Å². The number of hydrogen-bond acceptors (Lipinski definition) is 12. The van der Waals surface area contributed by atoms with Gasteiger partial charge in [-0.1, -0.05) is 0 Å². The van der Waals surface area contributed by atoms with Crippen LogP contribution in [0.1, 0.15) is 27.7 Å². The number of amides is 4. The minimum absolute atomic E-state index is 0.184. The fourth-order valence-corrected chi connectivity index (χ4v) is 4.42. The summed E-state index contributed by atoms with van der Waals surface area (Å²) in [6, 6.07) is -4.61. The van der Waals surface area contributed by atoms with Gasteiger partial charge < -0.3 is 41.7 Å². The molecule has 1 aliphatic rings. The quantitative estimate of drug-likeness (QED) is 0.0759. The molecule has 0 saturated carbocycles. The fraction of sp³-hybridized carbons (Fsp3) is 0.714. The number of carbonyl (C=O) groups is 8. The molecule has 1 heterocycles. The molecule has 0 aromatic rings. The van der Waals surface area contributed by atoms with Crippen LogP contribution in [0.5, 0.6) is 0 Å². The highest BCUT2D eigenvalue weighted by Gasteiger charge is 2.25. The third-order valence-corrected chi connectivity index (χ3v) is 7.39. The molecular weight excluding hydrogens is 640 g/mol. The molecule has 272 valence electrons. The first-order valence-corrected chi connectivity index (χ1v) is 15.4. The summed E-state index contributed by atoms with van der Waals surface area (Å²) in [5.74, 6) is -7.23. The number of aliphatic carboxylic acids is 4. The number of rotatable bonds is 16. The molecule has 1 fully saturated rings. The first-order chi connectivity index (χ1) is 22.4. The molecule has 0 radical (unpaired) electrons. The zero-order valence-corrected chi connectivity index (χ0v) is 27.6. The molecule has 0 aromatic carbocycles. The number of carboxylic acids is 4. The van der Waals surface area contributed by atoms with Crippen LogP contribution in [-0.2, 0) is 38.4 Å². The first kappa shape index (κ1) is 41.6. The number of carboxylic acid groups (broad SMARTS) is 4. The van der Waals surface area contributed by atoms with Gasteiger partial charge in [-0.05, 0) is 27.7 Å². The van der Waals surface area contributed by atoms with E-state index in [9.17, 15) is 58.8 Å². The Bertz CT molecular complexity index is 979. The van der Waals surface area contributed by atoms with Gasteiger partial charge in [-0.25, -0.2) is 0 Å². The number of nitrogens with one attached hydrogen (secondary N) is 4. The summed E-state index contributed by atoms with van der Waals surface area (Å²) in [5.41, 5.74) is 0. The summed E-state index contributed by atoms with van der Waals surface area (Å²) < 4.78 is 0. The van der Waals surface area contributed by atoms with Crippen molar-refractivity contribution in [2.24, 2.45) is 0 Å². The van der Waals surface area contributed by atoms with Crippen LogP contribution in [0, 0.1) is 0 Å². The monoisotopic (exact) mass is 688 g/mol. The second-order valence-corrected chi connectivity index (χ2v) is 11.6. The predicted molar refractivity (Wildman–Crippen MR) is 167 cm³/mol. The Hall–Kier alpha value is -4.40. The molecule has 0 unspecified atom stereocenters. The molecular formula is C28H48N8O12. The van der Waals surface area contributed by atoms with Gasteiger partial charge in [0.2, 0.25) is 23.6 Å². The Morgan fingerprint density at radius 2 is 0.542 bits per heavy atom. The third kappa shape index (κ3) is 17.0. The van der Waals surface area contributed by atoms with E-state index in [0.29, 0.717) is 0 Å². The predicted octanol–water partition coefficient (Wildman–Crippen LogP) is -4.43. The van der Waals surface area contributed by atoms with E-state index in [4.69, 9.17) is 0 Å². The third-order valence-electron chi connectivity index (χ3n) is 7.39. The van der Waals surface area contributed by atoms with Crippen molar-refractivity contribution < 1.29 is 58.8 Å². The van der Waals surface area contributed by atoms with Crippen LogP contribution in [0.25, 0.3) is 0 Å². The van der Waals surface area contributed by atoms with Gasteiger partial charge in [-0.2, -0.15) is 0 Å². The van der Waals surface area contributed by atoms with Crippen molar-refractivity contribution in [1.29, 1.82) is 0 Å². The summed E-state index contributed by atoms with van der Waals surface area (Å²) in [5, 5.41) is 46.2. The van der Waals surface area contributed by atoms with E-state index in [2.05, 4.69) is 21.3 Å². The Kier molecular flexibility index (Phi) is 18.0. The summed E-state index contributed by atoms with van der Waals surface area (Å²) in [6.45, 7) is 5.80. The van der Waals surface area contributed by atoms with Crippen LogP contribution in [-0.4, -0.2) is 190 Å². The van der Waals surface area contributed by atoms with Crippen LogP contribution in [0.4, 0.5) is 0 Å². The van der Waals surface area contributed by atoms with Gasteiger partial charge in [0.15, 0.2) is 0 Å². The van der Waals surface area contributed by atoms with Crippen LogP contribution in [0.3, 0.4) is 0 Å². The minimum Gasteiger partial charge on any atom is -0.480 e. The molecule has 20 nitrogen and oxygen atoms in total. The highest BCUT2D eigenvalue weighted by Crippen LogP contribution is 2.03. The van der Waals surface area contributed by atoms with Gasteiger partial charge in [0, 0.05) is 52.4 Å². The van der Waals surface area contributed by atoms with Crippen LogP contribution >= 0.6 is 0 Å². The van der Waals surface area contributed by atoms with Crippen LogP contribution in [0.15, 0.2) is 0 Å². The topological polar surface area (TPSA) is 279 Å². The van der Waals surface area contributed by atoms with E-state index in [-0.39, 0.29) is 78.5 Å². The maximum absolute atomic E-state index is 12.7. The summed E-state index contributed by atoms with van der Waals surface area (Å²) in [4.78, 5) is 102. The van der Waals surface area contributed by atoms with E-state index >= 15 is 0 Å². The normalized spacial score (nSPS) is 18.4. The Morgan fingerprint density at radius 1 is 0.396 bits per heavy atom. The van der Waals surface area contributed by atoms with Crippen molar-refractivity contribution in [2.75, 3.05) is 78.5 Å². The minimum atomic E-state index is -1.23. The molecule has 1 saturated heterocycles. The fourth-order valence-electron chi connectivity index (χ4n) is 4.42. The molecule has 0 spiro atoms. The van der Waals surface area contributed by atoms with Gasteiger partial charge in [-0.15, -0.1) is 0 Å². The van der Waals surface area contributed by atoms with E-state index < -0.39 is 71.7 Å². The lowest BCUT2D eigenvalue weighted by molar-refractivity contribution is -0.142. The molecule has 8 N–H and O–H groups in total. The molecule has 4 atom stereocenters. The molecule has 0 aliphatic carbocycles. The molecule has 1 aliphatic heterocycles. The van der Waals surface area contributed by atoms with Gasteiger partial charge >= 0.3 is 23.9 Å². The molecule has 48 heavy (non-hydrogen) atoms. The standard InChI is InChI=1S/C28H48N8O12/c1-17(25(41)42)29-21(37)13-33-5-7-34(14-22(38)30-18(2)26(43)44)9-11-36(16-24(40)32-20(4)28(47)48)12-10-35(8-6-33)15-23(39)31-19(3)27(45)46/h17-20H,5-16H2,1-4H3,(H,29,37)(H,30,38)(H,31,39)(H,32,40)(H,41,42)(H,43,44)(H,45,46)(H,47,48)/t17-,18-,19-,20-/m0/s1. The van der Waals surface area contributed by atoms with Gasteiger partial charge in [0.05, 0.1) is 26.2 Å². The van der Waals surface area contributed by atoms with Crippen molar-refractivity contribution >= 4 is 47.5 Å². The maximum atomic E-state index is 12.7. The lowest BCUT2D eigenvalue weighted by Crippen LogP contribution is -2.53. The van der Waals surface area contributed by atoms with Crippen LogP contribution in [0.2, 0.25) is 0 Å². The van der Waals surface area contributed by atoms with Crippen molar-refractivity contribution in [3.8, 4) is 0 Å². The molecule has 4 amide bonds. The molecule has 0 aromatic heterocycles. The average Bonchev–Trinajstić information content (AvgIpc) is 2.97. The van der Waals surface area contributed by atoms with Crippen molar-refractivity contribution in [3.63, 3.8) is 0 Å². The van der Waals surface area contributed by atoms with Gasteiger partial charge in [0.25, 0.3) is 0 Å². The van der Waals surface area contributed by atoms with E-state index in [1.165, 1.54) is 27.7 Å². The number of nitrogens with zero attached hydrogens (tertiary/aromatic N) is 4. The molecule has 20 heteroatoms. The zero-order chi connectivity index (χ0) is 36.6. The Morgan fingerprint density at radius 3 is 0.667 bits per heavy atom. The van der Waals surface area contributed by atoms with E-state index in [1.807, 2.05) is 0 Å². The lowest BCUT2D eigenvalue weighted by Gasteiger charge is -2.34. The van der Waals surface area contributed by atoms with Gasteiger partial charge in [-0.3, -0.25) is 58.0 Å². The SMILES string of the molecule is C[C@H](NC(=O)CN1CCN(CC(=O)N[C@@H](C)C(=O)O)CCN(CC(=O)N[C@@H](C)C(=O)O)CCN(CC(=O)N[C@@H](C)C(=O)O)CC1)C(=O)O. The summed E-state index contributed by atoms with van der Waals surface area (Å²) >= 11 is 0. The number of carbonyl (C=O) groups excluding carboxylic acids is 4. The number of hydrogen-bond donors (Lipinski definition) is 8. The van der Waals surface area contributed by atoms with Gasteiger partial charge in [0.1, 0.15) is 24.2 Å². The first-order valence-electron chi connectivity index (χ1n) is 15.4. The molecule has 1 rings (SSSR count). The molecule has 0 bridgehead atoms. The van der Waals surface area contributed by atoms with Crippen molar-refractivity contribution in [1.82, 2.24) is 40.9 Å². The lowest BCUT2D eigenvalue weighted by atomic mass is 10.3. The highest BCUT2D eigenvalue weighted by atomic mass is 16.4. The van der Waals surface area contributed by atoms with E-state index in [1.54, 1.807) is 19.6 Å². The van der Waals surface area contributed by atoms with Crippen molar-refractivity contribution in [3.05, 3.63) is 0 Å². The largest absolute Gasteiger partial charge is 0.480 e. The van der Waals surface area contributed by atoms with E-state index in [0.717, 1.165) is 0 Å². The van der Waals surface area contributed by atoms with Crippen molar-refractivity contribution in [2.45, 2.75) is 51.9 Å². The second-order valence-electron chi connectivity index (χ2n) is 11.6. The summed E-state index contributed by atoms with van der Waals surface area (Å²) in [6.07, 6.45) is 0. The highest BCUT2D eigenvalue weighted by molar-refractivity contribution is 5.86. The summed E-state index contributed by atoms with van der Waals surface area (Å²) in [7, 11) is 0. The zero-order valence-electron chi connectivity index (χ0n) is 27.6. The average molecular weight is 689 g/mol. The smallest absolute Gasteiger partial charge is 0.325 e. The van der Waals surface area contributed by atoms with Crippen LogP contribution < -0.4 is 21.3 Å². The second kappa shape index (κ2) is 20.8. The maximum Gasteiger partial charge on any atom is 0.325 e. The Balaban J connectivity index is 3.27.